The molecule has 2 heterocycles. The summed E-state index contributed by atoms with van der Waals surface area (Å²) in [6.07, 6.45) is 14.5. The molecule has 1 saturated carbocycles. The van der Waals surface area contributed by atoms with Gasteiger partial charge in [0.15, 0.2) is 0 Å². The summed E-state index contributed by atoms with van der Waals surface area (Å²) in [6.45, 7) is 4.75. The first-order valence-electron chi connectivity index (χ1n) is 10.5. The Kier molecular flexibility index (Phi) is 5.51. The Morgan fingerprint density at radius 1 is 1.19 bits per heavy atom. The Morgan fingerprint density at radius 2 is 1.96 bits per heavy atom. The van der Waals surface area contributed by atoms with E-state index in [0.717, 1.165) is 29.9 Å². The van der Waals surface area contributed by atoms with Gasteiger partial charge in [0, 0.05) is 17.9 Å². The van der Waals surface area contributed by atoms with Crippen LogP contribution in [0.4, 0.5) is 5.69 Å². The van der Waals surface area contributed by atoms with Gasteiger partial charge in [-0.3, -0.25) is 0 Å². The fourth-order valence-electron chi connectivity index (χ4n) is 4.67. The van der Waals surface area contributed by atoms with Crippen molar-refractivity contribution in [1.29, 1.82) is 0 Å². The topological polar surface area (TPSA) is 39.7 Å². The summed E-state index contributed by atoms with van der Waals surface area (Å²) in [5, 5.41) is 7.05. The number of nitrogens with zero attached hydrogens (tertiary/aromatic N) is 2. The van der Waals surface area contributed by atoms with Crippen molar-refractivity contribution in [3.05, 3.63) is 54.4 Å². The average molecular weight is 365 g/mol. The molecule has 4 nitrogen and oxygen atoms in total. The number of benzene rings is 1. The maximum atomic E-state index is 4.61. The van der Waals surface area contributed by atoms with Crippen LogP contribution in [0.15, 0.2) is 59.4 Å². The quantitative estimate of drug-likeness (QED) is 0.781. The molecule has 1 fully saturated rings. The lowest BCUT2D eigenvalue weighted by atomic mass is 9.77. The van der Waals surface area contributed by atoms with Crippen molar-refractivity contribution in [3.63, 3.8) is 0 Å². The molecule has 144 valence electrons. The minimum absolute atomic E-state index is 0.226. The molecule has 2 unspecified atom stereocenters. The first-order chi connectivity index (χ1) is 13.2. The first-order valence-corrected chi connectivity index (χ1v) is 10.5. The number of aliphatic imine (C=N–C) groups is 1. The molecule has 1 aliphatic carbocycles. The van der Waals surface area contributed by atoms with E-state index in [-0.39, 0.29) is 6.17 Å². The van der Waals surface area contributed by atoms with Crippen molar-refractivity contribution in [2.24, 2.45) is 16.8 Å². The summed E-state index contributed by atoms with van der Waals surface area (Å²) < 4.78 is 0. The maximum Gasteiger partial charge on any atom is 0.202 e. The molecule has 0 radical (unpaired) electrons. The fraction of sp³-hybridized carbons (Fsp3) is 0.522. The van der Waals surface area contributed by atoms with Crippen LogP contribution in [0.25, 0.3) is 0 Å². The molecule has 4 heteroatoms. The Labute approximate surface area is 163 Å². The molecule has 2 aliphatic heterocycles. The molecule has 0 bridgehead atoms. The molecular formula is C23H32N4. The van der Waals surface area contributed by atoms with Crippen LogP contribution in [-0.4, -0.2) is 23.1 Å². The molecule has 2 N–H and O–H groups in total. The Morgan fingerprint density at radius 3 is 2.70 bits per heavy atom. The molecule has 4 rings (SSSR count). The third-order valence-electron chi connectivity index (χ3n) is 6.56. The van der Waals surface area contributed by atoms with Gasteiger partial charge in [0.25, 0.3) is 0 Å². The van der Waals surface area contributed by atoms with E-state index in [9.17, 15) is 0 Å². The number of guanidine groups is 1. The third-order valence-corrected chi connectivity index (χ3v) is 6.56. The zero-order valence-electron chi connectivity index (χ0n) is 16.6. The molecule has 0 spiro atoms. The number of nitrogens with one attached hydrogen (secondary N) is 2. The highest BCUT2D eigenvalue weighted by atomic mass is 15.3. The van der Waals surface area contributed by atoms with Crippen LogP contribution in [0.2, 0.25) is 0 Å². The highest BCUT2D eigenvalue weighted by Crippen LogP contribution is 2.36. The number of allylic oxidation sites excluding steroid dienone is 1. The van der Waals surface area contributed by atoms with Gasteiger partial charge in [0.2, 0.25) is 5.96 Å². The monoisotopic (exact) mass is 364 g/mol. The van der Waals surface area contributed by atoms with Gasteiger partial charge < -0.3 is 15.5 Å². The lowest BCUT2D eigenvalue weighted by Crippen LogP contribution is -2.55. The number of hydrogen-bond donors (Lipinski definition) is 2. The molecular weight excluding hydrogens is 332 g/mol. The Bertz CT molecular complexity index is 713. The fourth-order valence-corrected chi connectivity index (χ4v) is 4.67. The van der Waals surface area contributed by atoms with Gasteiger partial charge >= 0.3 is 0 Å². The van der Waals surface area contributed by atoms with E-state index in [1.54, 1.807) is 0 Å². The van der Waals surface area contributed by atoms with Gasteiger partial charge in [-0.1, -0.05) is 44.5 Å². The van der Waals surface area contributed by atoms with E-state index >= 15 is 0 Å². The van der Waals surface area contributed by atoms with E-state index in [4.69, 9.17) is 0 Å². The van der Waals surface area contributed by atoms with Crippen molar-refractivity contribution < 1.29 is 0 Å². The third kappa shape index (κ3) is 4.05. The summed E-state index contributed by atoms with van der Waals surface area (Å²) in [6, 6.07) is 10.9. The second kappa shape index (κ2) is 8.20. The second-order valence-corrected chi connectivity index (χ2v) is 8.21. The smallest absolute Gasteiger partial charge is 0.202 e. The molecule has 3 aliphatic rings. The summed E-state index contributed by atoms with van der Waals surface area (Å²) in [5.74, 6) is 2.61. The predicted octanol–water partition coefficient (Wildman–Crippen LogP) is 5.09. The van der Waals surface area contributed by atoms with Gasteiger partial charge in [-0.2, -0.15) is 0 Å². The molecule has 2 atom stereocenters. The van der Waals surface area contributed by atoms with E-state index < -0.39 is 0 Å². The van der Waals surface area contributed by atoms with Crippen LogP contribution in [0.1, 0.15) is 52.4 Å². The van der Waals surface area contributed by atoms with Crippen LogP contribution in [0, 0.1) is 11.8 Å². The van der Waals surface area contributed by atoms with Crippen LogP contribution < -0.4 is 10.6 Å². The minimum Gasteiger partial charge on any atom is -0.351 e. The van der Waals surface area contributed by atoms with Gasteiger partial charge in [0.05, 0.1) is 0 Å². The number of para-hydroxylation sites is 1. The number of rotatable bonds is 4. The van der Waals surface area contributed by atoms with Gasteiger partial charge in [0.1, 0.15) is 6.17 Å². The van der Waals surface area contributed by atoms with Crippen LogP contribution in [0.3, 0.4) is 0 Å². The Hall–Kier alpha value is -2.23. The highest BCUT2D eigenvalue weighted by Gasteiger charge is 2.34. The van der Waals surface area contributed by atoms with Gasteiger partial charge in [-0.05, 0) is 67.8 Å². The predicted molar refractivity (Wildman–Crippen MR) is 113 cm³/mol. The van der Waals surface area contributed by atoms with E-state index in [0.29, 0.717) is 6.04 Å². The summed E-state index contributed by atoms with van der Waals surface area (Å²) in [7, 11) is 0. The summed E-state index contributed by atoms with van der Waals surface area (Å²) in [5.41, 5.74) is 2.42. The van der Waals surface area contributed by atoms with Crippen LogP contribution >= 0.6 is 0 Å². The minimum atomic E-state index is 0.226. The van der Waals surface area contributed by atoms with Crippen LogP contribution in [-0.2, 0) is 0 Å². The molecule has 1 aromatic rings. The number of fused-ring (bicyclic) bond motifs is 1. The van der Waals surface area contributed by atoms with Crippen molar-refractivity contribution in [1.82, 2.24) is 10.2 Å². The largest absolute Gasteiger partial charge is 0.351 e. The van der Waals surface area contributed by atoms with E-state index in [1.807, 2.05) is 24.4 Å². The lowest BCUT2D eigenvalue weighted by molar-refractivity contribution is 0.126. The zero-order chi connectivity index (χ0) is 18.6. The second-order valence-electron chi connectivity index (χ2n) is 8.21. The molecule has 27 heavy (non-hydrogen) atoms. The van der Waals surface area contributed by atoms with Gasteiger partial charge in [-0.15, -0.1) is 0 Å². The van der Waals surface area contributed by atoms with E-state index in [1.165, 1.54) is 37.7 Å². The molecule has 0 aromatic heterocycles. The average Bonchev–Trinajstić information content (AvgIpc) is 2.73. The molecule has 0 saturated heterocycles. The SMILES string of the molecule is CCC(C)C1CCC(N2C=CCC3=CN=C(Nc4ccccc4)NC32)CC1. The first kappa shape index (κ1) is 18.1. The summed E-state index contributed by atoms with van der Waals surface area (Å²) >= 11 is 0. The highest BCUT2D eigenvalue weighted by molar-refractivity contribution is 5.95. The van der Waals surface area contributed by atoms with Gasteiger partial charge in [-0.25, -0.2) is 4.99 Å². The maximum absolute atomic E-state index is 4.61. The van der Waals surface area contributed by atoms with Crippen molar-refractivity contribution in [2.45, 2.75) is 64.6 Å². The molecule has 0 amide bonds. The number of hydrogen-bond acceptors (Lipinski definition) is 4. The summed E-state index contributed by atoms with van der Waals surface area (Å²) in [4.78, 5) is 7.15. The number of anilines is 1. The van der Waals surface area contributed by atoms with Crippen molar-refractivity contribution in [2.75, 3.05) is 5.32 Å². The molecule has 1 aromatic carbocycles. The lowest BCUT2D eigenvalue weighted by Gasteiger charge is -2.45. The van der Waals surface area contributed by atoms with Crippen LogP contribution in [0.5, 0.6) is 0 Å². The Balaban J connectivity index is 1.42. The van der Waals surface area contributed by atoms with Crippen molar-refractivity contribution >= 4 is 11.6 Å². The normalized spacial score (nSPS) is 28.5. The zero-order valence-corrected chi connectivity index (χ0v) is 16.6. The van der Waals surface area contributed by atoms with Crippen molar-refractivity contribution in [3.8, 4) is 0 Å². The standard InChI is InChI=1S/C23H32N4/c1-3-17(2)18-11-13-21(14-12-18)27-15-7-8-19-16-24-23(26-22(19)27)25-20-9-5-4-6-10-20/h4-7,9-10,15-18,21-22H,3,8,11-14H2,1-2H3,(H2,24,25,26). The van der Waals surface area contributed by atoms with E-state index in [2.05, 4.69) is 58.8 Å².